The maximum Gasteiger partial charge on any atom is 0.344 e. The normalized spacial score (nSPS) is 20.6. The number of halogens is 1. The first kappa shape index (κ1) is 14.9. The zero-order valence-electron chi connectivity index (χ0n) is 11.9. The van der Waals surface area contributed by atoms with E-state index in [1.165, 1.54) is 24.3 Å². The predicted molar refractivity (Wildman–Crippen MR) is 77.0 cm³/mol. The SMILES string of the molecule is C=C1CC(Cn2ncc(=O)[nH]c2=O)(c2ccc(F)cc2)OC1=O. The first-order valence-corrected chi connectivity index (χ1v) is 6.73. The van der Waals surface area contributed by atoms with E-state index < -0.39 is 28.6 Å². The van der Waals surface area contributed by atoms with Crippen LogP contribution in [-0.4, -0.2) is 20.7 Å². The van der Waals surface area contributed by atoms with Gasteiger partial charge in [-0.25, -0.2) is 18.7 Å². The molecule has 1 unspecified atom stereocenters. The Morgan fingerprint density at radius 2 is 2.00 bits per heavy atom. The van der Waals surface area contributed by atoms with Gasteiger partial charge in [-0.1, -0.05) is 18.7 Å². The maximum atomic E-state index is 13.2. The van der Waals surface area contributed by atoms with Gasteiger partial charge in [0.15, 0.2) is 5.60 Å². The van der Waals surface area contributed by atoms with Crippen molar-refractivity contribution in [3.63, 3.8) is 0 Å². The van der Waals surface area contributed by atoms with Crippen LogP contribution in [0.1, 0.15) is 12.0 Å². The van der Waals surface area contributed by atoms with Crippen molar-refractivity contribution in [2.75, 3.05) is 0 Å². The molecular formula is C15H12FN3O4. The minimum Gasteiger partial charge on any atom is -0.448 e. The van der Waals surface area contributed by atoms with Gasteiger partial charge in [-0.2, -0.15) is 5.10 Å². The van der Waals surface area contributed by atoms with Gasteiger partial charge in [-0.15, -0.1) is 0 Å². The van der Waals surface area contributed by atoms with Crippen molar-refractivity contribution in [1.29, 1.82) is 0 Å². The number of carbonyl (C=O) groups excluding carboxylic acids is 1. The second-order valence-electron chi connectivity index (χ2n) is 5.27. The summed E-state index contributed by atoms with van der Waals surface area (Å²) in [5.74, 6) is -1.03. The highest BCUT2D eigenvalue weighted by Crippen LogP contribution is 2.40. The largest absolute Gasteiger partial charge is 0.448 e. The van der Waals surface area contributed by atoms with E-state index in [0.29, 0.717) is 5.56 Å². The van der Waals surface area contributed by atoms with E-state index in [1.807, 2.05) is 0 Å². The van der Waals surface area contributed by atoms with Gasteiger partial charge in [0.1, 0.15) is 12.0 Å². The van der Waals surface area contributed by atoms with Crippen LogP contribution >= 0.6 is 0 Å². The van der Waals surface area contributed by atoms with Crippen molar-refractivity contribution in [2.24, 2.45) is 0 Å². The summed E-state index contributed by atoms with van der Waals surface area (Å²) in [6, 6.07) is 5.40. The van der Waals surface area contributed by atoms with Crippen LogP contribution in [-0.2, 0) is 21.7 Å². The first-order chi connectivity index (χ1) is 10.9. The molecule has 0 saturated carbocycles. The summed E-state index contributed by atoms with van der Waals surface area (Å²) in [5.41, 5.74) is -1.84. The Balaban J connectivity index is 2.08. The molecule has 1 aliphatic rings. The zero-order chi connectivity index (χ0) is 16.6. The predicted octanol–water partition coefficient (Wildman–Crippen LogP) is 0.469. The molecule has 0 amide bonds. The van der Waals surface area contributed by atoms with Gasteiger partial charge in [0.2, 0.25) is 0 Å². The molecule has 1 saturated heterocycles. The van der Waals surface area contributed by atoms with E-state index in [4.69, 9.17) is 4.74 Å². The summed E-state index contributed by atoms with van der Waals surface area (Å²) in [5, 5.41) is 3.74. The van der Waals surface area contributed by atoms with Gasteiger partial charge in [-0.3, -0.25) is 9.78 Å². The molecule has 1 N–H and O–H groups in total. The number of hydrogen-bond acceptors (Lipinski definition) is 5. The van der Waals surface area contributed by atoms with Crippen molar-refractivity contribution < 1.29 is 13.9 Å². The standard InChI is InChI=1S/C15H12FN3O4/c1-9-6-15(23-13(9)21,10-2-4-11(16)5-3-10)8-19-14(22)18-12(20)7-17-19/h2-5,7H,1,6,8H2,(H,18,20,22). The lowest BCUT2D eigenvalue weighted by Crippen LogP contribution is -2.40. The molecule has 0 bridgehead atoms. The van der Waals surface area contributed by atoms with Crippen LogP contribution in [0.15, 0.2) is 52.2 Å². The van der Waals surface area contributed by atoms with E-state index in [2.05, 4.69) is 16.7 Å². The molecule has 3 rings (SSSR count). The van der Waals surface area contributed by atoms with Gasteiger partial charge in [0.25, 0.3) is 5.56 Å². The number of benzene rings is 1. The Hall–Kier alpha value is -3.03. The van der Waals surface area contributed by atoms with Crippen LogP contribution < -0.4 is 11.2 Å². The number of H-pyrrole nitrogens is 1. The molecule has 23 heavy (non-hydrogen) atoms. The summed E-state index contributed by atoms with van der Waals surface area (Å²) < 4.78 is 19.6. The average molecular weight is 317 g/mol. The van der Waals surface area contributed by atoms with E-state index in [-0.39, 0.29) is 18.5 Å². The van der Waals surface area contributed by atoms with Gasteiger partial charge in [-0.05, 0) is 17.7 Å². The zero-order valence-corrected chi connectivity index (χ0v) is 11.9. The average Bonchev–Trinajstić information content (AvgIpc) is 2.78. The summed E-state index contributed by atoms with van der Waals surface area (Å²) in [4.78, 5) is 36.8. The van der Waals surface area contributed by atoms with E-state index in [9.17, 15) is 18.8 Å². The van der Waals surface area contributed by atoms with E-state index in [1.54, 1.807) is 0 Å². The van der Waals surface area contributed by atoms with Crippen LogP contribution in [0.5, 0.6) is 0 Å². The number of hydrogen-bond donors (Lipinski definition) is 1. The summed E-state index contributed by atoms with van der Waals surface area (Å²) >= 11 is 0. The molecule has 0 radical (unpaired) electrons. The quantitative estimate of drug-likeness (QED) is 0.656. The molecule has 0 aliphatic carbocycles. The lowest BCUT2D eigenvalue weighted by Gasteiger charge is -2.27. The number of nitrogens with zero attached hydrogens (tertiary/aromatic N) is 2. The Kier molecular flexibility index (Phi) is 3.44. The molecule has 118 valence electrons. The number of aromatic amines is 1. The highest BCUT2D eigenvalue weighted by atomic mass is 19.1. The maximum absolute atomic E-state index is 13.2. The minimum atomic E-state index is -1.23. The van der Waals surface area contributed by atoms with Gasteiger partial charge in [0.05, 0.1) is 6.54 Å². The van der Waals surface area contributed by atoms with Crippen LogP contribution in [0, 0.1) is 5.82 Å². The van der Waals surface area contributed by atoms with Crippen LogP contribution in [0.4, 0.5) is 4.39 Å². The number of ether oxygens (including phenoxy) is 1. The minimum absolute atomic E-state index is 0.126. The highest BCUT2D eigenvalue weighted by molar-refractivity contribution is 5.90. The molecule has 1 aromatic carbocycles. The Morgan fingerprint density at radius 3 is 2.57 bits per heavy atom. The number of esters is 1. The fourth-order valence-electron chi connectivity index (χ4n) is 2.53. The molecule has 1 fully saturated rings. The number of cyclic esters (lactones) is 1. The third-order valence-corrected chi connectivity index (χ3v) is 3.63. The molecule has 1 aliphatic heterocycles. The Labute approximate surface area is 129 Å². The van der Waals surface area contributed by atoms with Crippen molar-refractivity contribution in [3.8, 4) is 0 Å². The number of aromatic nitrogens is 3. The van der Waals surface area contributed by atoms with Crippen LogP contribution in [0.2, 0.25) is 0 Å². The summed E-state index contributed by atoms with van der Waals surface area (Å²) in [7, 11) is 0. The lowest BCUT2D eigenvalue weighted by molar-refractivity contribution is -0.148. The smallest absolute Gasteiger partial charge is 0.344 e. The van der Waals surface area contributed by atoms with Crippen LogP contribution in [0.25, 0.3) is 0 Å². The van der Waals surface area contributed by atoms with Crippen molar-refractivity contribution in [3.05, 3.63) is 74.8 Å². The highest BCUT2D eigenvalue weighted by Gasteiger charge is 2.45. The fraction of sp³-hybridized carbons (Fsp3) is 0.200. The molecule has 0 spiro atoms. The second kappa shape index (κ2) is 5.31. The van der Waals surface area contributed by atoms with Crippen molar-refractivity contribution in [2.45, 2.75) is 18.6 Å². The molecule has 2 heterocycles. The lowest BCUT2D eigenvalue weighted by atomic mass is 9.89. The van der Waals surface area contributed by atoms with E-state index in [0.717, 1.165) is 10.9 Å². The second-order valence-corrected chi connectivity index (χ2v) is 5.27. The number of carbonyl (C=O) groups is 1. The summed E-state index contributed by atoms with van der Waals surface area (Å²) in [6.45, 7) is 3.51. The molecule has 7 nitrogen and oxygen atoms in total. The van der Waals surface area contributed by atoms with Gasteiger partial charge < -0.3 is 4.74 Å². The van der Waals surface area contributed by atoms with Gasteiger partial charge >= 0.3 is 11.7 Å². The fourth-order valence-corrected chi connectivity index (χ4v) is 2.53. The topological polar surface area (TPSA) is 94.1 Å². The molecular weight excluding hydrogens is 305 g/mol. The Morgan fingerprint density at radius 1 is 1.30 bits per heavy atom. The first-order valence-electron chi connectivity index (χ1n) is 6.73. The molecule has 1 aromatic heterocycles. The van der Waals surface area contributed by atoms with Crippen molar-refractivity contribution >= 4 is 5.97 Å². The van der Waals surface area contributed by atoms with Crippen LogP contribution in [0.3, 0.4) is 0 Å². The third kappa shape index (κ3) is 2.70. The Bertz CT molecular complexity index is 882. The number of nitrogens with one attached hydrogen (secondary N) is 1. The van der Waals surface area contributed by atoms with Crippen molar-refractivity contribution in [1.82, 2.24) is 14.8 Å². The molecule has 8 heteroatoms. The monoisotopic (exact) mass is 317 g/mol. The summed E-state index contributed by atoms with van der Waals surface area (Å²) in [6.07, 6.45) is 1.08. The van der Waals surface area contributed by atoms with E-state index >= 15 is 0 Å². The molecule has 2 aromatic rings. The third-order valence-electron chi connectivity index (χ3n) is 3.63. The molecule has 1 atom stereocenters. The van der Waals surface area contributed by atoms with Gasteiger partial charge in [0, 0.05) is 12.0 Å². The number of rotatable bonds is 3.